The van der Waals surface area contributed by atoms with E-state index in [4.69, 9.17) is 10.8 Å². The van der Waals surface area contributed by atoms with Gasteiger partial charge in [0.15, 0.2) is 0 Å². The monoisotopic (exact) mass is 240 g/mol. The molecule has 0 saturated carbocycles. The van der Waals surface area contributed by atoms with Crippen molar-refractivity contribution in [3.63, 3.8) is 0 Å². The molecule has 0 unspecified atom stereocenters. The molecular weight excluding hydrogens is 228 g/mol. The number of nitrogen functional groups attached to an aromatic ring is 1. The van der Waals surface area contributed by atoms with Gasteiger partial charge in [0, 0.05) is 19.7 Å². The van der Waals surface area contributed by atoms with Crippen molar-refractivity contribution in [2.45, 2.75) is 6.42 Å². The Bertz CT molecular complexity index is 449. The molecule has 92 valence electrons. The van der Waals surface area contributed by atoms with Gasteiger partial charge in [0.05, 0.1) is 11.3 Å². The first-order valence-corrected chi connectivity index (χ1v) is 4.75. The van der Waals surface area contributed by atoms with E-state index < -0.39 is 10.9 Å². The lowest BCUT2D eigenvalue weighted by atomic mass is 10.3. The van der Waals surface area contributed by atoms with Crippen molar-refractivity contribution < 1.29 is 14.8 Å². The summed E-state index contributed by atoms with van der Waals surface area (Å²) in [6.45, 7) is 0.250. The third-order valence-corrected chi connectivity index (χ3v) is 2.14. The van der Waals surface area contributed by atoms with Gasteiger partial charge in [0.1, 0.15) is 5.82 Å². The third kappa shape index (κ3) is 3.30. The van der Waals surface area contributed by atoms with Crippen LogP contribution in [0.4, 0.5) is 17.3 Å². The van der Waals surface area contributed by atoms with E-state index in [9.17, 15) is 14.9 Å². The lowest BCUT2D eigenvalue weighted by Crippen LogP contribution is -2.22. The van der Waals surface area contributed by atoms with Gasteiger partial charge in [-0.15, -0.1) is 0 Å². The number of nitrogens with zero attached hydrogens (tertiary/aromatic N) is 3. The number of hydrogen-bond donors (Lipinski definition) is 2. The van der Waals surface area contributed by atoms with Crippen LogP contribution in [0.15, 0.2) is 12.1 Å². The standard InChI is InChI=1S/C9H12N4O4/c1-12(5-4-8(14)15)7-3-2-6(13(16)17)9(10)11-7/h2-3H,4-5H2,1H3,(H2,10,11)(H,14,15). The predicted octanol–water partition coefficient (Wildman–Crippen LogP) is 0.483. The highest BCUT2D eigenvalue weighted by molar-refractivity contribution is 5.67. The van der Waals surface area contributed by atoms with Crippen LogP contribution in [0.5, 0.6) is 0 Å². The Morgan fingerprint density at radius 3 is 2.76 bits per heavy atom. The van der Waals surface area contributed by atoms with Crippen molar-refractivity contribution in [2.24, 2.45) is 0 Å². The van der Waals surface area contributed by atoms with Gasteiger partial charge in [-0.3, -0.25) is 14.9 Å². The predicted molar refractivity (Wildman–Crippen MR) is 60.8 cm³/mol. The summed E-state index contributed by atoms with van der Waals surface area (Å²) < 4.78 is 0. The second kappa shape index (κ2) is 5.10. The van der Waals surface area contributed by atoms with Crippen molar-refractivity contribution in [1.82, 2.24) is 4.98 Å². The summed E-state index contributed by atoms with van der Waals surface area (Å²) in [7, 11) is 1.64. The number of aromatic nitrogens is 1. The zero-order valence-electron chi connectivity index (χ0n) is 9.16. The second-order valence-electron chi connectivity index (χ2n) is 3.40. The number of rotatable bonds is 5. The Morgan fingerprint density at radius 2 is 2.29 bits per heavy atom. The Labute approximate surface area is 96.8 Å². The van der Waals surface area contributed by atoms with E-state index in [-0.39, 0.29) is 24.5 Å². The minimum absolute atomic E-state index is 0.0466. The molecule has 0 saturated heterocycles. The van der Waals surface area contributed by atoms with E-state index in [1.165, 1.54) is 12.1 Å². The fourth-order valence-corrected chi connectivity index (χ4v) is 1.20. The van der Waals surface area contributed by atoms with Crippen molar-refractivity contribution >= 4 is 23.3 Å². The molecule has 0 spiro atoms. The van der Waals surface area contributed by atoms with Crippen molar-refractivity contribution in [1.29, 1.82) is 0 Å². The fraction of sp³-hybridized carbons (Fsp3) is 0.333. The number of carboxylic acids is 1. The van der Waals surface area contributed by atoms with Gasteiger partial charge in [-0.25, -0.2) is 4.98 Å². The average Bonchev–Trinajstić information content (AvgIpc) is 2.25. The molecule has 1 aromatic rings. The van der Waals surface area contributed by atoms with Crippen LogP contribution in [0.2, 0.25) is 0 Å². The smallest absolute Gasteiger partial charge is 0.311 e. The highest BCUT2D eigenvalue weighted by Gasteiger charge is 2.14. The highest BCUT2D eigenvalue weighted by Crippen LogP contribution is 2.22. The molecule has 0 radical (unpaired) electrons. The van der Waals surface area contributed by atoms with E-state index in [1.807, 2.05) is 0 Å². The molecular formula is C9H12N4O4. The van der Waals surface area contributed by atoms with Crippen LogP contribution in [-0.2, 0) is 4.79 Å². The first-order valence-electron chi connectivity index (χ1n) is 4.75. The summed E-state index contributed by atoms with van der Waals surface area (Å²) in [6.07, 6.45) is -0.0466. The molecule has 0 aliphatic heterocycles. The van der Waals surface area contributed by atoms with Crippen molar-refractivity contribution in [2.75, 3.05) is 24.2 Å². The number of nitrogens with two attached hydrogens (primary N) is 1. The van der Waals surface area contributed by atoms with Crippen LogP contribution in [-0.4, -0.2) is 34.6 Å². The van der Waals surface area contributed by atoms with Crippen LogP contribution in [0.25, 0.3) is 0 Å². The van der Waals surface area contributed by atoms with E-state index in [1.54, 1.807) is 11.9 Å². The van der Waals surface area contributed by atoms with E-state index >= 15 is 0 Å². The average molecular weight is 240 g/mol. The lowest BCUT2D eigenvalue weighted by Gasteiger charge is -2.16. The minimum Gasteiger partial charge on any atom is -0.481 e. The quantitative estimate of drug-likeness (QED) is 0.566. The summed E-state index contributed by atoms with van der Waals surface area (Å²) in [5.41, 5.74) is 5.16. The molecule has 0 aromatic carbocycles. The molecule has 1 rings (SSSR count). The summed E-state index contributed by atoms with van der Waals surface area (Å²) in [4.78, 5) is 25.7. The van der Waals surface area contributed by atoms with Crippen LogP contribution in [0, 0.1) is 10.1 Å². The number of carboxylic acid groups (broad SMARTS) is 1. The SMILES string of the molecule is CN(CCC(=O)O)c1ccc([N+](=O)[O-])c(N)n1. The van der Waals surface area contributed by atoms with Gasteiger partial charge in [0.25, 0.3) is 0 Å². The van der Waals surface area contributed by atoms with Crippen LogP contribution < -0.4 is 10.6 Å². The lowest BCUT2D eigenvalue weighted by molar-refractivity contribution is -0.384. The summed E-state index contributed by atoms with van der Waals surface area (Å²) in [6, 6.07) is 2.67. The number of hydrogen-bond acceptors (Lipinski definition) is 6. The molecule has 1 aromatic heterocycles. The Kier molecular flexibility index (Phi) is 3.81. The zero-order valence-corrected chi connectivity index (χ0v) is 9.16. The highest BCUT2D eigenvalue weighted by atomic mass is 16.6. The molecule has 0 amide bonds. The van der Waals surface area contributed by atoms with Gasteiger partial charge in [-0.1, -0.05) is 0 Å². The second-order valence-corrected chi connectivity index (χ2v) is 3.40. The maximum atomic E-state index is 10.5. The molecule has 8 nitrogen and oxygen atoms in total. The van der Waals surface area contributed by atoms with Gasteiger partial charge < -0.3 is 15.7 Å². The normalized spacial score (nSPS) is 9.94. The van der Waals surface area contributed by atoms with Gasteiger partial charge >= 0.3 is 11.7 Å². The van der Waals surface area contributed by atoms with Crippen molar-refractivity contribution in [3.8, 4) is 0 Å². The summed E-state index contributed by atoms with van der Waals surface area (Å²) >= 11 is 0. The first kappa shape index (κ1) is 12.7. The Morgan fingerprint density at radius 1 is 1.65 bits per heavy atom. The van der Waals surface area contributed by atoms with Gasteiger partial charge in [0.2, 0.25) is 5.82 Å². The number of carbonyl (C=O) groups is 1. The Balaban J connectivity index is 2.82. The molecule has 0 atom stereocenters. The minimum atomic E-state index is -0.924. The van der Waals surface area contributed by atoms with Gasteiger partial charge in [-0.2, -0.15) is 0 Å². The number of aliphatic carboxylic acids is 1. The Hall–Kier alpha value is -2.38. The van der Waals surface area contributed by atoms with Crippen LogP contribution >= 0.6 is 0 Å². The molecule has 1 heterocycles. The molecule has 0 fully saturated rings. The molecule has 8 heteroatoms. The topological polar surface area (TPSA) is 123 Å². The maximum Gasteiger partial charge on any atom is 0.311 e. The zero-order chi connectivity index (χ0) is 13.0. The molecule has 0 aliphatic carbocycles. The van der Waals surface area contributed by atoms with Gasteiger partial charge in [-0.05, 0) is 6.07 Å². The van der Waals surface area contributed by atoms with Crippen molar-refractivity contribution in [3.05, 3.63) is 22.2 Å². The molecule has 3 N–H and O–H groups in total. The fourth-order valence-electron chi connectivity index (χ4n) is 1.20. The summed E-state index contributed by atoms with van der Waals surface area (Å²) in [5, 5.41) is 19.0. The molecule has 0 bridgehead atoms. The first-order chi connectivity index (χ1) is 7.91. The number of pyridine rings is 1. The largest absolute Gasteiger partial charge is 0.481 e. The molecule has 17 heavy (non-hydrogen) atoms. The van der Waals surface area contributed by atoms with E-state index in [2.05, 4.69) is 4.98 Å². The summed E-state index contributed by atoms with van der Waals surface area (Å²) in [5.74, 6) is -0.712. The maximum absolute atomic E-state index is 10.5. The number of nitro groups is 1. The van der Waals surface area contributed by atoms with E-state index in [0.717, 1.165) is 0 Å². The molecule has 0 aliphatic rings. The van der Waals surface area contributed by atoms with Crippen LogP contribution in [0.3, 0.4) is 0 Å². The number of anilines is 2. The third-order valence-electron chi connectivity index (χ3n) is 2.14. The van der Waals surface area contributed by atoms with Crippen LogP contribution in [0.1, 0.15) is 6.42 Å². The van der Waals surface area contributed by atoms with E-state index in [0.29, 0.717) is 5.82 Å².